The quantitative estimate of drug-likeness (QED) is 0.120. The first-order chi connectivity index (χ1) is 28.6. The van der Waals surface area contributed by atoms with Crippen LogP contribution in [0.25, 0.3) is 83.0 Å². The Kier molecular flexibility index (Phi) is 9.89. The van der Waals surface area contributed by atoms with Crippen LogP contribution < -0.4 is 0 Å². The second-order valence-corrected chi connectivity index (χ2v) is 14.2. The molecule has 0 unspecified atom stereocenters. The summed E-state index contributed by atoms with van der Waals surface area (Å²) in [6, 6.07) is 64.6. The maximum atomic E-state index is 6.33. The number of hydrogen-bond donors (Lipinski definition) is 0. The van der Waals surface area contributed by atoms with Gasteiger partial charge in [-0.3, -0.25) is 0 Å². The Morgan fingerprint density at radius 3 is 1.67 bits per heavy atom. The summed E-state index contributed by atoms with van der Waals surface area (Å²) >= 11 is 0. The molecule has 10 aromatic rings. The summed E-state index contributed by atoms with van der Waals surface area (Å²) in [5.41, 5.74) is 13.7. The zero-order valence-electron chi connectivity index (χ0n) is 32.2. The Morgan fingerprint density at radius 2 is 1.02 bits per heavy atom. The lowest BCUT2D eigenvalue weighted by atomic mass is 9.96. The molecule has 58 heavy (non-hydrogen) atoms. The predicted octanol–water partition coefficient (Wildman–Crippen LogP) is 14.9. The zero-order valence-corrected chi connectivity index (χ0v) is 32.2. The predicted molar refractivity (Wildman–Crippen MR) is 245 cm³/mol. The molecule has 0 bridgehead atoms. The number of fused-ring (bicyclic) bond motifs is 6. The van der Waals surface area contributed by atoms with Gasteiger partial charge in [-0.25, -0.2) is 9.98 Å². The van der Waals surface area contributed by atoms with Gasteiger partial charge in [-0.05, 0) is 76.9 Å². The van der Waals surface area contributed by atoms with Gasteiger partial charge in [-0.15, -0.1) is 0 Å². The fourth-order valence-electron chi connectivity index (χ4n) is 7.58. The number of aliphatic imine (C=N–C) groups is 2. The Labute approximate surface area is 337 Å². The van der Waals surface area contributed by atoms with Crippen molar-refractivity contribution < 1.29 is 8.83 Å². The first-order valence-electron chi connectivity index (χ1n) is 19.5. The largest absolute Gasteiger partial charge is 0.455 e. The first-order valence-corrected chi connectivity index (χ1v) is 19.5. The van der Waals surface area contributed by atoms with Gasteiger partial charge in [0.1, 0.15) is 22.3 Å². The number of nitrogens with zero attached hydrogens (tertiary/aromatic N) is 2. The summed E-state index contributed by atoms with van der Waals surface area (Å²) in [6.45, 7) is 10.3. The summed E-state index contributed by atoms with van der Waals surface area (Å²) in [5, 5.41) is 4.33. The molecule has 0 amide bonds. The molecular weight excluding hydrogens is 709 g/mol. The monoisotopic (exact) mass is 748 g/mol. The minimum atomic E-state index is 0.466. The molecule has 0 fully saturated rings. The van der Waals surface area contributed by atoms with Gasteiger partial charge >= 0.3 is 0 Å². The van der Waals surface area contributed by atoms with Crippen molar-refractivity contribution in [1.82, 2.24) is 0 Å². The van der Waals surface area contributed by atoms with Crippen molar-refractivity contribution in [3.63, 3.8) is 0 Å². The second kappa shape index (κ2) is 15.9. The number of amidine groups is 1. The van der Waals surface area contributed by atoms with Crippen LogP contribution in [0.4, 0.5) is 0 Å². The van der Waals surface area contributed by atoms with Gasteiger partial charge in [-0.1, -0.05) is 171 Å². The van der Waals surface area contributed by atoms with Crippen LogP contribution in [0.2, 0.25) is 0 Å². The van der Waals surface area contributed by atoms with E-state index in [1.165, 1.54) is 5.56 Å². The highest BCUT2D eigenvalue weighted by molar-refractivity contribution is 6.16. The first kappa shape index (κ1) is 36.1. The van der Waals surface area contributed by atoms with Gasteiger partial charge in [0, 0.05) is 32.7 Å². The summed E-state index contributed by atoms with van der Waals surface area (Å²) < 4.78 is 12.6. The van der Waals surface area contributed by atoms with Crippen LogP contribution in [0.15, 0.2) is 213 Å². The van der Waals surface area contributed by atoms with Crippen LogP contribution in [0, 0.1) is 0 Å². The van der Waals surface area contributed by atoms with E-state index in [-0.39, 0.29) is 0 Å². The Balaban J connectivity index is 0.000000489. The molecule has 8 aromatic carbocycles. The molecule has 0 N–H and O–H groups in total. The average molecular weight is 749 g/mol. The number of benzene rings is 8. The van der Waals surface area contributed by atoms with E-state index < -0.39 is 0 Å². The van der Waals surface area contributed by atoms with Crippen LogP contribution in [-0.4, -0.2) is 12.6 Å². The third kappa shape index (κ3) is 7.04. The van der Waals surface area contributed by atoms with Crippen LogP contribution in [0.3, 0.4) is 0 Å². The summed E-state index contributed by atoms with van der Waals surface area (Å²) in [5.74, 6) is 0.466. The van der Waals surface area contributed by atoms with E-state index in [2.05, 4.69) is 153 Å². The zero-order chi connectivity index (χ0) is 39.4. The lowest BCUT2D eigenvalue weighted by molar-refractivity contribution is 0.668. The fraction of sp³-hybridized carbons (Fsp3) is 0.0370. The highest BCUT2D eigenvalue weighted by Crippen LogP contribution is 2.37. The van der Waals surface area contributed by atoms with E-state index in [1.54, 1.807) is 0 Å². The van der Waals surface area contributed by atoms with Crippen molar-refractivity contribution in [2.24, 2.45) is 9.98 Å². The molecule has 2 aromatic heterocycles. The van der Waals surface area contributed by atoms with Crippen LogP contribution in [-0.2, 0) is 6.42 Å². The SMILES string of the molecule is C=NC(=NC(=C)c1cccc(-c2ccc(-c3cccc(-c4cccc5c4oc4ccccc45)c3)cc2)c1)c1cccc2c1oc1ccccc12.CCc1ccccc1. The minimum Gasteiger partial charge on any atom is -0.455 e. The summed E-state index contributed by atoms with van der Waals surface area (Å²) in [4.78, 5) is 9.12. The maximum Gasteiger partial charge on any atom is 0.162 e. The smallest absolute Gasteiger partial charge is 0.162 e. The standard InChI is InChI=1S/C46H30N2O2.C8H10/c1-29(48-46(47-2)41-20-10-19-40-38-16-4-6-22-43(38)50-45(40)41)32-11-7-12-33(27-32)30-23-25-31(26-24-30)34-13-8-14-35(28-34)36-17-9-18-39-37-15-3-5-21-42(37)49-44(36)39;1-2-8-6-4-3-5-7-8/h3-28H,1-2H2;3-7H,2H2,1H3. The molecule has 2 heterocycles. The number of hydrogen-bond acceptors (Lipinski definition) is 3. The highest BCUT2D eigenvalue weighted by atomic mass is 16.3. The number of para-hydroxylation sites is 4. The van der Waals surface area contributed by atoms with Crippen molar-refractivity contribution in [3.8, 4) is 33.4 Å². The molecular formula is C54H40N2O2. The molecule has 0 aliphatic heterocycles. The summed E-state index contributed by atoms with van der Waals surface area (Å²) in [6.07, 6.45) is 1.14. The van der Waals surface area contributed by atoms with Gasteiger partial charge < -0.3 is 8.83 Å². The molecule has 0 atom stereocenters. The average Bonchev–Trinajstić information content (AvgIpc) is 3.88. The maximum absolute atomic E-state index is 6.33. The topological polar surface area (TPSA) is 51.0 Å². The van der Waals surface area contributed by atoms with Crippen LogP contribution >= 0.6 is 0 Å². The molecule has 4 nitrogen and oxygen atoms in total. The van der Waals surface area contributed by atoms with Crippen molar-refractivity contribution in [1.29, 1.82) is 0 Å². The lowest BCUT2D eigenvalue weighted by Crippen LogP contribution is -1.98. The van der Waals surface area contributed by atoms with Crippen molar-refractivity contribution >= 4 is 62.1 Å². The van der Waals surface area contributed by atoms with Gasteiger partial charge in [-0.2, -0.15) is 0 Å². The molecule has 0 saturated heterocycles. The molecule has 0 spiro atoms. The second-order valence-electron chi connectivity index (χ2n) is 14.2. The molecule has 4 heteroatoms. The van der Waals surface area contributed by atoms with Crippen molar-refractivity contribution in [2.45, 2.75) is 13.3 Å². The van der Waals surface area contributed by atoms with E-state index in [0.29, 0.717) is 11.5 Å². The number of aryl methyl sites for hydroxylation is 1. The number of rotatable bonds is 7. The highest BCUT2D eigenvalue weighted by Gasteiger charge is 2.15. The summed E-state index contributed by atoms with van der Waals surface area (Å²) in [7, 11) is 0. The molecule has 278 valence electrons. The number of furan rings is 2. The van der Waals surface area contributed by atoms with E-state index in [4.69, 9.17) is 13.8 Å². The Bertz CT molecular complexity index is 3130. The van der Waals surface area contributed by atoms with E-state index >= 15 is 0 Å². The third-order valence-electron chi connectivity index (χ3n) is 10.6. The van der Waals surface area contributed by atoms with Gasteiger partial charge in [0.25, 0.3) is 0 Å². The Morgan fingerprint density at radius 1 is 0.483 bits per heavy atom. The molecule has 0 aliphatic carbocycles. The molecule has 0 saturated carbocycles. The van der Waals surface area contributed by atoms with Crippen molar-refractivity contribution in [3.05, 3.63) is 211 Å². The van der Waals surface area contributed by atoms with Gasteiger partial charge in [0.15, 0.2) is 5.84 Å². The van der Waals surface area contributed by atoms with E-state index in [0.717, 1.165) is 94.8 Å². The Hall–Kier alpha value is -7.56. The third-order valence-corrected chi connectivity index (χ3v) is 10.6. The van der Waals surface area contributed by atoms with Gasteiger partial charge in [0.05, 0.1) is 11.3 Å². The lowest BCUT2D eigenvalue weighted by Gasteiger charge is -2.10. The van der Waals surface area contributed by atoms with E-state index in [1.807, 2.05) is 60.7 Å². The van der Waals surface area contributed by atoms with Gasteiger partial charge in [0.2, 0.25) is 0 Å². The fourth-order valence-corrected chi connectivity index (χ4v) is 7.58. The molecule has 0 aliphatic rings. The van der Waals surface area contributed by atoms with Crippen molar-refractivity contribution in [2.75, 3.05) is 0 Å². The normalized spacial score (nSPS) is 11.5. The molecule has 0 radical (unpaired) electrons. The van der Waals surface area contributed by atoms with Crippen LogP contribution in [0.5, 0.6) is 0 Å². The van der Waals surface area contributed by atoms with Crippen LogP contribution in [0.1, 0.15) is 23.6 Å². The molecule has 10 rings (SSSR count). The minimum absolute atomic E-state index is 0.466. The van der Waals surface area contributed by atoms with E-state index in [9.17, 15) is 0 Å².